The van der Waals surface area contributed by atoms with E-state index in [1.807, 2.05) is 27.7 Å². The Morgan fingerprint density at radius 3 is 2.36 bits per heavy atom. The largest absolute Gasteiger partial charge is 0.344 e. The molecule has 78 valence electrons. The van der Waals surface area contributed by atoms with Gasteiger partial charge in [0.15, 0.2) is 0 Å². The summed E-state index contributed by atoms with van der Waals surface area (Å²) in [6.45, 7) is 9.01. The van der Waals surface area contributed by atoms with Crippen LogP contribution in [0.25, 0.3) is 0 Å². The van der Waals surface area contributed by atoms with Crippen molar-refractivity contribution < 1.29 is 0 Å². The van der Waals surface area contributed by atoms with Crippen molar-refractivity contribution >= 4 is 0 Å². The molecule has 0 spiro atoms. The molecule has 0 radical (unpaired) electrons. The Morgan fingerprint density at radius 2 is 1.71 bits per heavy atom. The van der Waals surface area contributed by atoms with Gasteiger partial charge in [-0.05, 0) is 18.2 Å². The molecule has 0 N–H and O–H groups in total. The van der Waals surface area contributed by atoms with Crippen molar-refractivity contribution in [3.8, 4) is 0 Å². The van der Waals surface area contributed by atoms with E-state index in [4.69, 9.17) is 0 Å². The predicted octanol–water partition coefficient (Wildman–Crippen LogP) is 3.88. The van der Waals surface area contributed by atoms with Gasteiger partial charge in [0.05, 0.1) is 0 Å². The third-order valence-corrected chi connectivity index (χ3v) is 1.68. The third-order valence-electron chi connectivity index (χ3n) is 1.68. The first-order chi connectivity index (χ1) is 6.97. The first-order valence-electron chi connectivity index (χ1n) is 5.45. The van der Waals surface area contributed by atoms with Gasteiger partial charge in [0.2, 0.25) is 0 Å². The van der Waals surface area contributed by atoms with Crippen LogP contribution in [-0.2, 0) is 0 Å². The van der Waals surface area contributed by atoms with Gasteiger partial charge < -0.3 is 4.90 Å². The lowest BCUT2D eigenvalue weighted by Crippen LogP contribution is -2.18. The highest BCUT2D eigenvalue weighted by molar-refractivity contribution is 5.33. The maximum absolute atomic E-state index is 2.21. The third kappa shape index (κ3) is 3.65. The summed E-state index contributed by atoms with van der Waals surface area (Å²) in [6.07, 6.45) is 14.7. The van der Waals surface area contributed by atoms with Crippen molar-refractivity contribution in [2.24, 2.45) is 0 Å². The molecule has 2 aliphatic rings. The molecule has 0 amide bonds. The van der Waals surface area contributed by atoms with Gasteiger partial charge in [-0.3, -0.25) is 0 Å². The van der Waals surface area contributed by atoms with Crippen molar-refractivity contribution in [1.82, 2.24) is 4.90 Å². The van der Waals surface area contributed by atoms with E-state index in [0.717, 1.165) is 6.54 Å². The summed E-state index contributed by atoms with van der Waals surface area (Å²) in [7, 11) is 0. The molecule has 2 rings (SSSR count). The van der Waals surface area contributed by atoms with Gasteiger partial charge in [0, 0.05) is 18.4 Å². The Labute approximate surface area is 88.1 Å². The van der Waals surface area contributed by atoms with E-state index >= 15 is 0 Å². The molecule has 2 aliphatic heterocycles. The van der Waals surface area contributed by atoms with E-state index < -0.39 is 0 Å². The number of rotatable bonds is 0. The van der Waals surface area contributed by atoms with Crippen LogP contribution in [0.1, 0.15) is 27.7 Å². The lowest BCUT2D eigenvalue weighted by molar-refractivity contribution is 0.523. The highest BCUT2D eigenvalue weighted by Crippen LogP contribution is 2.14. The van der Waals surface area contributed by atoms with E-state index in [0.29, 0.717) is 0 Å². The Balaban J connectivity index is 0.000000379. The van der Waals surface area contributed by atoms with Crippen LogP contribution in [0.4, 0.5) is 0 Å². The second kappa shape index (κ2) is 8.36. The number of fused-ring (bicyclic) bond motifs is 1. The summed E-state index contributed by atoms with van der Waals surface area (Å²) in [4.78, 5) is 2.21. The SMILES string of the molecule is C1=CCN2C=CC=CC2=C1.CC.CC. The molecule has 0 aromatic rings. The fourth-order valence-corrected chi connectivity index (χ4v) is 1.15. The topological polar surface area (TPSA) is 3.24 Å². The zero-order valence-electron chi connectivity index (χ0n) is 9.70. The summed E-state index contributed by atoms with van der Waals surface area (Å²) >= 11 is 0. The molecule has 0 atom stereocenters. The summed E-state index contributed by atoms with van der Waals surface area (Å²) in [6, 6.07) is 0. The lowest BCUT2D eigenvalue weighted by Gasteiger charge is -2.23. The van der Waals surface area contributed by atoms with Gasteiger partial charge >= 0.3 is 0 Å². The van der Waals surface area contributed by atoms with E-state index in [1.165, 1.54) is 5.70 Å². The van der Waals surface area contributed by atoms with Gasteiger partial charge in [-0.15, -0.1) is 0 Å². The van der Waals surface area contributed by atoms with Gasteiger partial charge in [-0.1, -0.05) is 45.9 Å². The molecule has 0 saturated carbocycles. The Kier molecular flexibility index (Phi) is 7.62. The average molecular weight is 191 g/mol. The van der Waals surface area contributed by atoms with Crippen molar-refractivity contribution in [3.05, 3.63) is 48.4 Å². The molecule has 0 bridgehead atoms. The van der Waals surface area contributed by atoms with Gasteiger partial charge in [0.25, 0.3) is 0 Å². The van der Waals surface area contributed by atoms with Gasteiger partial charge in [-0.25, -0.2) is 0 Å². The Bertz CT molecular complexity index is 244. The molecule has 0 aromatic heterocycles. The van der Waals surface area contributed by atoms with Crippen LogP contribution in [0.5, 0.6) is 0 Å². The highest BCUT2D eigenvalue weighted by Gasteiger charge is 2.05. The predicted molar refractivity (Wildman–Crippen MR) is 64.9 cm³/mol. The minimum Gasteiger partial charge on any atom is -0.344 e. The number of hydrogen-bond acceptors (Lipinski definition) is 1. The van der Waals surface area contributed by atoms with E-state index in [2.05, 4.69) is 47.6 Å². The molecule has 1 nitrogen and oxygen atoms in total. The molecule has 0 unspecified atom stereocenters. The first kappa shape index (κ1) is 12.8. The van der Waals surface area contributed by atoms with Crippen LogP contribution < -0.4 is 0 Å². The second-order valence-electron chi connectivity index (χ2n) is 2.37. The summed E-state index contributed by atoms with van der Waals surface area (Å²) in [5, 5.41) is 0. The first-order valence-corrected chi connectivity index (χ1v) is 5.45. The maximum Gasteiger partial charge on any atom is 0.0409 e. The van der Waals surface area contributed by atoms with Crippen LogP contribution in [-0.4, -0.2) is 11.4 Å². The maximum atomic E-state index is 2.21. The van der Waals surface area contributed by atoms with Crippen LogP contribution >= 0.6 is 0 Å². The van der Waals surface area contributed by atoms with E-state index in [1.54, 1.807) is 0 Å². The van der Waals surface area contributed by atoms with Crippen LogP contribution in [0, 0.1) is 0 Å². The normalized spacial score (nSPS) is 15.7. The molecule has 0 aromatic carbocycles. The zero-order chi connectivity index (χ0) is 10.8. The standard InChI is InChI=1S/C9H9N.2C2H6/c1-3-7-10-8-4-2-6-9(10)5-1;2*1-2/h1-7H,8H2;2*1-2H3. The van der Waals surface area contributed by atoms with Crippen molar-refractivity contribution in [3.63, 3.8) is 0 Å². The van der Waals surface area contributed by atoms with E-state index in [-0.39, 0.29) is 0 Å². The lowest BCUT2D eigenvalue weighted by atomic mass is 10.2. The smallest absolute Gasteiger partial charge is 0.0409 e. The van der Waals surface area contributed by atoms with Crippen molar-refractivity contribution in [2.45, 2.75) is 27.7 Å². The molecule has 0 fully saturated rings. The Hall–Kier alpha value is -1.24. The monoisotopic (exact) mass is 191 g/mol. The second-order valence-corrected chi connectivity index (χ2v) is 2.37. The highest BCUT2D eigenvalue weighted by atomic mass is 15.1. The molecule has 0 aliphatic carbocycles. The van der Waals surface area contributed by atoms with Crippen LogP contribution in [0.2, 0.25) is 0 Å². The van der Waals surface area contributed by atoms with Crippen molar-refractivity contribution in [2.75, 3.05) is 6.54 Å². The van der Waals surface area contributed by atoms with Gasteiger partial charge in [0.1, 0.15) is 0 Å². The molecule has 14 heavy (non-hydrogen) atoms. The van der Waals surface area contributed by atoms with Crippen LogP contribution in [0.15, 0.2) is 48.4 Å². The zero-order valence-corrected chi connectivity index (χ0v) is 9.70. The van der Waals surface area contributed by atoms with Crippen LogP contribution in [0.3, 0.4) is 0 Å². The van der Waals surface area contributed by atoms with E-state index in [9.17, 15) is 0 Å². The number of allylic oxidation sites excluding steroid dienone is 5. The Morgan fingerprint density at radius 1 is 1.00 bits per heavy atom. The van der Waals surface area contributed by atoms with Gasteiger partial charge in [-0.2, -0.15) is 0 Å². The minimum absolute atomic E-state index is 1.01. The molecule has 1 heteroatoms. The minimum atomic E-state index is 1.01. The fraction of sp³-hybridized carbons (Fsp3) is 0.385. The fourth-order valence-electron chi connectivity index (χ4n) is 1.15. The molecule has 2 heterocycles. The number of hydrogen-bond donors (Lipinski definition) is 0. The summed E-state index contributed by atoms with van der Waals surface area (Å²) in [5.41, 5.74) is 1.28. The quantitative estimate of drug-likeness (QED) is 0.561. The molecule has 0 saturated heterocycles. The molecular formula is C13H21N. The molecular weight excluding hydrogens is 170 g/mol. The summed E-state index contributed by atoms with van der Waals surface area (Å²) in [5.74, 6) is 0. The average Bonchev–Trinajstić information content (AvgIpc) is 2.34. The number of nitrogens with zero attached hydrogens (tertiary/aromatic N) is 1. The summed E-state index contributed by atoms with van der Waals surface area (Å²) < 4.78 is 0. The van der Waals surface area contributed by atoms with Crippen molar-refractivity contribution in [1.29, 1.82) is 0 Å².